The standard InChI is InChI=1S/C34H37N3O4/c1-34(2,17-16-25-14-12-24(21-35-25)33(39)40)36-32(38)23-13-15-26-28(20-23)37-18-19-41-29-11-7-6-10-27(29)31(37)30(26)22-8-4-3-5-9-22/h6-7,10-15,20-22H,3-5,8-9,16-19H2,1-2H3,(H,36,38)(H,39,40). The van der Waals surface area contributed by atoms with Crippen molar-refractivity contribution < 1.29 is 19.4 Å². The van der Waals surface area contributed by atoms with E-state index in [0.29, 0.717) is 30.9 Å². The highest BCUT2D eigenvalue weighted by atomic mass is 16.5. The lowest BCUT2D eigenvalue weighted by atomic mass is 9.81. The van der Waals surface area contributed by atoms with Crippen molar-refractivity contribution in [2.24, 2.45) is 0 Å². The number of aromatic nitrogens is 2. The van der Waals surface area contributed by atoms with E-state index < -0.39 is 11.5 Å². The summed E-state index contributed by atoms with van der Waals surface area (Å²) in [6, 6.07) is 17.8. The summed E-state index contributed by atoms with van der Waals surface area (Å²) in [4.78, 5) is 28.9. The maximum Gasteiger partial charge on any atom is 0.337 e. The molecule has 2 aromatic carbocycles. The fourth-order valence-electron chi connectivity index (χ4n) is 6.46. The molecule has 2 N–H and O–H groups in total. The van der Waals surface area contributed by atoms with E-state index in [0.717, 1.165) is 29.1 Å². The SMILES string of the molecule is CC(C)(CCc1ccc(C(=O)O)cn1)NC(=O)c1ccc2c(C3CCCCC3)c3n(c2c1)CCOc1ccccc1-3. The summed E-state index contributed by atoms with van der Waals surface area (Å²) in [5.41, 5.74) is 6.02. The van der Waals surface area contributed by atoms with Crippen LogP contribution in [0.3, 0.4) is 0 Å². The van der Waals surface area contributed by atoms with E-state index in [1.165, 1.54) is 54.9 Å². The zero-order valence-corrected chi connectivity index (χ0v) is 23.8. The van der Waals surface area contributed by atoms with Gasteiger partial charge in [-0.1, -0.05) is 37.5 Å². The molecule has 1 amide bonds. The quantitative estimate of drug-likeness (QED) is 0.258. The number of rotatable bonds is 7. The van der Waals surface area contributed by atoms with Crippen LogP contribution >= 0.6 is 0 Å². The van der Waals surface area contributed by atoms with E-state index in [1.54, 1.807) is 12.1 Å². The zero-order chi connectivity index (χ0) is 28.6. The number of pyridine rings is 1. The number of aromatic carboxylic acids is 1. The van der Waals surface area contributed by atoms with Gasteiger partial charge in [0.25, 0.3) is 5.91 Å². The molecule has 0 bridgehead atoms. The molecule has 0 unspecified atom stereocenters. The Morgan fingerprint density at radius 1 is 1.05 bits per heavy atom. The Kier molecular flexibility index (Phi) is 7.28. The smallest absolute Gasteiger partial charge is 0.337 e. The van der Waals surface area contributed by atoms with Gasteiger partial charge in [-0.3, -0.25) is 9.78 Å². The lowest BCUT2D eigenvalue weighted by Crippen LogP contribution is -2.43. The number of fused-ring (bicyclic) bond motifs is 5. The van der Waals surface area contributed by atoms with Crippen LogP contribution in [0.15, 0.2) is 60.8 Å². The number of hydrogen-bond acceptors (Lipinski definition) is 4. The summed E-state index contributed by atoms with van der Waals surface area (Å²) < 4.78 is 8.55. The van der Waals surface area contributed by atoms with Crippen LogP contribution in [-0.4, -0.2) is 38.7 Å². The lowest BCUT2D eigenvalue weighted by molar-refractivity contribution is 0.0696. The minimum Gasteiger partial charge on any atom is -0.491 e. The highest BCUT2D eigenvalue weighted by molar-refractivity contribution is 6.01. The normalized spacial score (nSPS) is 15.5. The van der Waals surface area contributed by atoms with Crippen molar-refractivity contribution in [3.8, 4) is 17.0 Å². The van der Waals surface area contributed by atoms with Crippen molar-refractivity contribution in [1.29, 1.82) is 0 Å². The summed E-state index contributed by atoms with van der Waals surface area (Å²) in [6.07, 6.45) is 8.87. The number of carboxylic acids is 1. The van der Waals surface area contributed by atoms with Crippen LogP contribution in [-0.2, 0) is 13.0 Å². The van der Waals surface area contributed by atoms with Crippen LogP contribution in [0.1, 0.15) is 90.3 Å². The topological polar surface area (TPSA) is 93.5 Å². The van der Waals surface area contributed by atoms with E-state index >= 15 is 0 Å². The van der Waals surface area contributed by atoms with Gasteiger partial charge in [-0.15, -0.1) is 0 Å². The Labute approximate surface area is 240 Å². The van der Waals surface area contributed by atoms with E-state index in [-0.39, 0.29) is 11.5 Å². The molecule has 3 heterocycles. The highest BCUT2D eigenvalue weighted by Gasteiger charge is 2.30. The number of amides is 1. The number of nitrogens with one attached hydrogen (secondary N) is 1. The first-order valence-corrected chi connectivity index (χ1v) is 14.7. The van der Waals surface area contributed by atoms with Crippen molar-refractivity contribution in [3.05, 3.63) is 83.2 Å². The number of aryl methyl sites for hydroxylation is 1. The van der Waals surface area contributed by atoms with Gasteiger partial charge < -0.3 is 19.7 Å². The summed E-state index contributed by atoms with van der Waals surface area (Å²) in [7, 11) is 0. The van der Waals surface area contributed by atoms with Crippen molar-refractivity contribution in [1.82, 2.24) is 14.9 Å². The molecule has 2 aromatic heterocycles. The van der Waals surface area contributed by atoms with Gasteiger partial charge in [-0.05, 0) is 87.4 Å². The summed E-state index contributed by atoms with van der Waals surface area (Å²) >= 11 is 0. The third-order valence-electron chi connectivity index (χ3n) is 8.62. The van der Waals surface area contributed by atoms with Crippen molar-refractivity contribution >= 4 is 22.8 Å². The van der Waals surface area contributed by atoms with Gasteiger partial charge >= 0.3 is 5.97 Å². The van der Waals surface area contributed by atoms with Crippen LogP contribution in [0.4, 0.5) is 0 Å². The fourth-order valence-corrected chi connectivity index (χ4v) is 6.46. The summed E-state index contributed by atoms with van der Waals surface area (Å²) in [5.74, 6) is 0.338. The molecule has 0 atom stereocenters. The second kappa shape index (κ2) is 11.0. The number of hydrogen-bond donors (Lipinski definition) is 2. The molecule has 0 spiro atoms. The third kappa shape index (κ3) is 5.45. The summed E-state index contributed by atoms with van der Waals surface area (Å²) in [6.45, 7) is 5.34. The van der Waals surface area contributed by atoms with Gasteiger partial charge in [-0.25, -0.2) is 4.79 Å². The number of benzene rings is 2. The Balaban J connectivity index is 1.30. The van der Waals surface area contributed by atoms with Gasteiger partial charge in [0.1, 0.15) is 12.4 Å². The third-order valence-corrected chi connectivity index (χ3v) is 8.62. The molecule has 41 heavy (non-hydrogen) atoms. The molecule has 1 fully saturated rings. The molecule has 1 saturated carbocycles. The van der Waals surface area contributed by atoms with E-state index in [4.69, 9.17) is 9.84 Å². The molecular formula is C34H37N3O4. The van der Waals surface area contributed by atoms with Gasteiger partial charge in [0.15, 0.2) is 0 Å². The minimum atomic E-state index is -0.990. The molecule has 7 heteroatoms. The molecule has 0 radical (unpaired) electrons. The van der Waals surface area contributed by atoms with Crippen LogP contribution < -0.4 is 10.1 Å². The minimum absolute atomic E-state index is 0.105. The van der Waals surface area contributed by atoms with Crippen LogP contribution in [0, 0.1) is 0 Å². The number of carbonyl (C=O) groups excluding carboxylic acids is 1. The van der Waals surface area contributed by atoms with E-state index in [9.17, 15) is 9.59 Å². The summed E-state index contributed by atoms with van der Waals surface area (Å²) in [5, 5.41) is 13.6. The molecule has 0 saturated heterocycles. The van der Waals surface area contributed by atoms with Crippen LogP contribution in [0.2, 0.25) is 0 Å². The first kappa shape index (κ1) is 27.1. The largest absolute Gasteiger partial charge is 0.491 e. The number of carboxylic acid groups (broad SMARTS) is 1. The molecule has 1 aliphatic carbocycles. The highest BCUT2D eigenvalue weighted by Crippen LogP contribution is 2.47. The second-order valence-corrected chi connectivity index (χ2v) is 12.0. The van der Waals surface area contributed by atoms with Crippen LogP contribution in [0.5, 0.6) is 5.75 Å². The predicted octanol–water partition coefficient (Wildman–Crippen LogP) is 6.98. The Hall–Kier alpha value is -4.13. The van der Waals surface area contributed by atoms with Crippen LogP contribution in [0.25, 0.3) is 22.2 Å². The maximum atomic E-state index is 13.6. The average Bonchev–Trinajstić information content (AvgIpc) is 3.17. The molecule has 6 rings (SSSR count). The van der Waals surface area contributed by atoms with Gasteiger partial charge in [0, 0.05) is 39.5 Å². The number of nitrogens with zero attached hydrogens (tertiary/aromatic N) is 2. The first-order valence-electron chi connectivity index (χ1n) is 14.7. The monoisotopic (exact) mass is 551 g/mol. The average molecular weight is 552 g/mol. The molecule has 4 aromatic rings. The van der Waals surface area contributed by atoms with Gasteiger partial charge in [0.2, 0.25) is 0 Å². The van der Waals surface area contributed by atoms with Gasteiger partial charge in [-0.2, -0.15) is 0 Å². The van der Waals surface area contributed by atoms with E-state index in [2.05, 4.69) is 45.2 Å². The van der Waals surface area contributed by atoms with Gasteiger partial charge in [0.05, 0.1) is 17.8 Å². The molecule has 7 nitrogen and oxygen atoms in total. The van der Waals surface area contributed by atoms with Crippen molar-refractivity contribution in [2.75, 3.05) is 6.61 Å². The van der Waals surface area contributed by atoms with Crippen molar-refractivity contribution in [2.45, 2.75) is 76.8 Å². The number of carbonyl (C=O) groups is 2. The first-order chi connectivity index (χ1) is 19.8. The Morgan fingerprint density at radius 2 is 1.83 bits per heavy atom. The molecular weight excluding hydrogens is 514 g/mol. The number of para-hydroxylation sites is 1. The fraction of sp³-hybridized carbons (Fsp3) is 0.382. The van der Waals surface area contributed by atoms with Crippen molar-refractivity contribution in [3.63, 3.8) is 0 Å². The predicted molar refractivity (Wildman–Crippen MR) is 160 cm³/mol. The zero-order valence-electron chi connectivity index (χ0n) is 23.8. The Bertz CT molecular complexity index is 1600. The molecule has 1 aliphatic heterocycles. The maximum absolute atomic E-state index is 13.6. The van der Waals surface area contributed by atoms with E-state index in [1.807, 2.05) is 26.0 Å². The number of ether oxygens (including phenoxy) is 1. The molecule has 212 valence electrons. The molecule has 2 aliphatic rings. The second-order valence-electron chi connectivity index (χ2n) is 12.0. The Morgan fingerprint density at radius 3 is 2.59 bits per heavy atom. The lowest BCUT2D eigenvalue weighted by Gasteiger charge is -2.26.